The molecule has 0 spiro atoms. The monoisotopic (exact) mass is 337 g/mol. The van der Waals surface area contributed by atoms with Crippen LogP contribution in [0.15, 0.2) is 0 Å². The fourth-order valence-corrected chi connectivity index (χ4v) is 3.57. The molecule has 0 radical (unpaired) electrons. The first-order valence-corrected chi connectivity index (χ1v) is 8.04. The van der Waals surface area contributed by atoms with Crippen molar-refractivity contribution in [2.24, 2.45) is 11.8 Å². The standard InChI is InChI=1S/C15H22F3NO4/c16-15(17,18)23-11-7-5-10(6-8-11)13(20)19-12(14(21)22)9-3-1-2-4-9/h9-12H,1-8H2,(H,19,20)(H,21,22). The third-order valence-corrected chi connectivity index (χ3v) is 4.78. The summed E-state index contributed by atoms with van der Waals surface area (Å²) in [5, 5.41) is 11.9. The fourth-order valence-electron chi connectivity index (χ4n) is 3.57. The Hall–Kier alpha value is -1.31. The van der Waals surface area contributed by atoms with Gasteiger partial charge in [-0.2, -0.15) is 0 Å². The van der Waals surface area contributed by atoms with Crippen LogP contribution in [0.5, 0.6) is 0 Å². The highest BCUT2D eigenvalue weighted by atomic mass is 19.4. The van der Waals surface area contributed by atoms with E-state index in [4.69, 9.17) is 0 Å². The Morgan fingerprint density at radius 3 is 2.09 bits per heavy atom. The summed E-state index contributed by atoms with van der Waals surface area (Å²) in [6, 6.07) is -0.894. The van der Waals surface area contributed by atoms with Gasteiger partial charge >= 0.3 is 12.3 Å². The van der Waals surface area contributed by atoms with Crippen molar-refractivity contribution in [2.45, 2.75) is 69.9 Å². The van der Waals surface area contributed by atoms with Crippen LogP contribution in [0, 0.1) is 11.8 Å². The van der Waals surface area contributed by atoms with Crippen LogP contribution in [0.25, 0.3) is 0 Å². The van der Waals surface area contributed by atoms with Crippen LogP contribution >= 0.6 is 0 Å². The normalized spacial score (nSPS) is 27.6. The Morgan fingerprint density at radius 1 is 1.04 bits per heavy atom. The van der Waals surface area contributed by atoms with E-state index in [2.05, 4.69) is 10.1 Å². The van der Waals surface area contributed by atoms with Crippen molar-refractivity contribution < 1.29 is 32.6 Å². The molecule has 0 heterocycles. The maximum atomic E-state index is 12.2. The number of aliphatic carboxylic acids is 1. The summed E-state index contributed by atoms with van der Waals surface area (Å²) in [5.41, 5.74) is 0. The van der Waals surface area contributed by atoms with Crippen molar-refractivity contribution in [3.63, 3.8) is 0 Å². The largest absolute Gasteiger partial charge is 0.522 e. The van der Waals surface area contributed by atoms with Gasteiger partial charge in [0.25, 0.3) is 0 Å². The van der Waals surface area contributed by atoms with E-state index < -0.39 is 30.4 Å². The van der Waals surface area contributed by atoms with E-state index in [1.807, 2.05) is 0 Å². The molecule has 2 rings (SSSR count). The summed E-state index contributed by atoms with van der Waals surface area (Å²) in [7, 11) is 0. The van der Waals surface area contributed by atoms with Gasteiger partial charge in [-0.25, -0.2) is 4.79 Å². The number of hydrogen-bond donors (Lipinski definition) is 2. The second-order valence-corrected chi connectivity index (χ2v) is 6.41. The van der Waals surface area contributed by atoms with Gasteiger partial charge in [-0.05, 0) is 44.4 Å². The van der Waals surface area contributed by atoms with Crippen LogP contribution in [0.1, 0.15) is 51.4 Å². The average molecular weight is 337 g/mol. The summed E-state index contributed by atoms with van der Waals surface area (Å²) < 4.78 is 40.5. The summed E-state index contributed by atoms with van der Waals surface area (Å²) >= 11 is 0. The van der Waals surface area contributed by atoms with Crippen LogP contribution in [-0.4, -0.2) is 35.5 Å². The molecule has 2 saturated carbocycles. The third-order valence-electron chi connectivity index (χ3n) is 4.78. The number of hydrogen-bond acceptors (Lipinski definition) is 3. The molecule has 0 saturated heterocycles. The molecule has 2 aliphatic carbocycles. The topological polar surface area (TPSA) is 75.6 Å². The Bertz CT molecular complexity index is 427. The number of carbonyl (C=O) groups is 2. The molecule has 0 aromatic carbocycles. The van der Waals surface area contributed by atoms with Gasteiger partial charge in [0.15, 0.2) is 0 Å². The molecule has 0 bridgehead atoms. The molecule has 5 nitrogen and oxygen atoms in total. The molecular formula is C15H22F3NO4. The molecular weight excluding hydrogens is 315 g/mol. The fraction of sp³-hybridized carbons (Fsp3) is 0.867. The van der Waals surface area contributed by atoms with Gasteiger partial charge in [-0.3, -0.25) is 9.53 Å². The highest BCUT2D eigenvalue weighted by Crippen LogP contribution is 2.32. The molecule has 2 N–H and O–H groups in total. The first kappa shape index (κ1) is 18.0. The van der Waals surface area contributed by atoms with E-state index in [0.29, 0.717) is 0 Å². The van der Waals surface area contributed by atoms with Gasteiger partial charge in [0.2, 0.25) is 5.91 Å². The summed E-state index contributed by atoms with van der Waals surface area (Å²) in [6.07, 6.45) is -1.22. The van der Waals surface area contributed by atoms with Gasteiger partial charge in [-0.15, -0.1) is 13.2 Å². The Balaban J connectivity index is 1.83. The predicted molar refractivity (Wildman–Crippen MR) is 74.4 cm³/mol. The van der Waals surface area contributed by atoms with Crippen molar-refractivity contribution in [2.75, 3.05) is 0 Å². The molecule has 132 valence electrons. The van der Waals surface area contributed by atoms with E-state index in [-0.39, 0.29) is 37.5 Å². The van der Waals surface area contributed by atoms with Gasteiger partial charge < -0.3 is 10.4 Å². The molecule has 0 aromatic heterocycles. The first-order valence-electron chi connectivity index (χ1n) is 8.04. The maximum Gasteiger partial charge on any atom is 0.522 e. The van der Waals surface area contributed by atoms with Crippen molar-refractivity contribution in [1.82, 2.24) is 5.32 Å². The lowest BCUT2D eigenvalue weighted by Crippen LogP contribution is -2.48. The number of carbonyl (C=O) groups excluding carboxylic acids is 1. The van der Waals surface area contributed by atoms with E-state index in [1.54, 1.807) is 0 Å². The zero-order valence-electron chi connectivity index (χ0n) is 12.8. The third kappa shape index (κ3) is 5.37. The summed E-state index contributed by atoms with van der Waals surface area (Å²) in [5.74, 6) is -1.90. The quantitative estimate of drug-likeness (QED) is 0.809. The minimum absolute atomic E-state index is 0.0543. The minimum Gasteiger partial charge on any atom is -0.480 e. The van der Waals surface area contributed by atoms with Gasteiger partial charge in [0, 0.05) is 5.92 Å². The van der Waals surface area contributed by atoms with Crippen LogP contribution in [0.2, 0.25) is 0 Å². The smallest absolute Gasteiger partial charge is 0.480 e. The number of amides is 1. The highest BCUT2D eigenvalue weighted by molar-refractivity contribution is 5.85. The molecule has 2 aliphatic rings. The number of carboxylic acid groups (broad SMARTS) is 1. The molecule has 0 aliphatic heterocycles. The zero-order valence-corrected chi connectivity index (χ0v) is 12.8. The molecule has 1 amide bonds. The van der Waals surface area contributed by atoms with Gasteiger partial charge in [0.1, 0.15) is 6.04 Å². The van der Waals surface area contributed by atoms with Crippen LogP contribution < -0.4 is 5.32 Å². The average Bonchev–Trinajstić information content (AvgIpc) is 2.97. The molecule has 0 aromatic rings. The lowest BCUT2D eigenvalue weighted by atomic mass is 9.86. The van der Waals surface area contributed by atoms with E-state index >= 15 is 0 Å². The Morgan fingerprint density at radius 2 is 1.61 bits per heavy atom. The van der Waals surface area contributed by atoms with E-state index in [1.165, 1.54) is 0 Å². The molecule has 1 unspecified atom stereocenters. The van der Waals surface area contributed by atoms with E-state index in [0.717, 1.165) is 25.7 Å². The second kappa shape index (κ2) is 7.51. The maximum absolute atomic E-state index is 12.2. The van der Waals surface area contributed by atoms with Crippen molar-refractivity contribution in [3.05, 3.63) is 0 Å². The highest BCUT2D eigenvalue weighted by Gasteiger charge is 2.38. The van der Waals surface area contributed by atoms with Crippen molar-refractivity contribution >= 4 is 11.9 Å². The lowest BCUT2D eigenvalue weighted by molar-refractivity contribution is -0.345. The minimum atomic E-state index is -4.66. The van der Waals surface area contributed by atoms with Crippen LogP contribution in [0.4, 0.5) is 13.2 Å². The summed E-state index contributed by atoms with van der Waals surface area (Å²) in [6.45, 7) is 0. The number of nitrogens with one attached hydrogen (secondary N) is 1. The Kier molecular flexibility index (Phi) is 5.89. The Labute approximate surface area is 132 Å². The van der Waals surface area contributed by atoms with Gasteiger partial charge in [0.05, 0.1) is 6.10 Å². The predicted octanol–water partition coefficient (Wildman–Crippen LogP) is 2.84. The number of ether oxygens (including phenoxy) is 1. The summed E-state index contributed by atoms with van der Waals surface area (Å²) in [4.78, 5) is 23.6. The lowest BCUT2D eigenvalue weighted by Gasteiger charge is -2.30. The molecule has 2 fully saturated rings. The van der Waals surface area contributed by atoms with Crippen molar-refractivity contribution in [1.29, 1.82) is 0 Å². The second-order valence-electron chi connectivity index (χ2n) is 6.41. The SMILES string of the molecule is O=C(NC(C(=O)O)C1CCCC1)C1CCC(OC(F)(F)F)CC1. The molecule has 8 heteroatoms. The number of halogens is 3. The van der Waals surface area contributed by atoms with Gasteiger partial charge in [-0.1, -0.05) is 12.8 Å². The molecule has 23 heavy (non-hydrogen) atoms. The van der Waals surface area contributed by atoms with E-state index in [9.17, 15) is 27.9 Å². The zero-order chi connectivity index (χ0) is 17.0. The molecule has 1 atom stereocenters. The number of carboxylic acids is 1. The van der Waals surface area contributed by atoms with Crippen molar-refractivity contribution in [3.8, 4) is 0 Å². The van der Waals surface area contributed by atoms with Crippen LogP contribution in [-0.2, 0) is 14.3 Å². The number of alkyl halides is 3. The van der Waals surface area contributed by atoms with Crippen LogP contribution in [0.3, 0.4) is 0 Å². The first-order chi connectivity index (χ1) is 10.8. The number of rotatable bonds is 5.